The molecule has 2 aromatic carbocycles. The predicted molar refractivity (Wildman–Crippen MR) is 82.6 cm³/mol. The van der Waals surface area contributed by atoms with E-state index in [2.05, 4.69) is 12.1 Å². The molecule has 21 heavy (non-hydrogen) atoms. The second-order valence-corrected chi connectivity index (χ2v) is 5.38. The van der Waals surface area contributed by atoms with Gasteiger partial charge in [-0.2, -0.15) is 0 Å². The fourth-order valence-electron chi connectivity index (χ4n) is 3.00. The topological polar surface area (TPSA) is 29.5 Å². The van der Waals surface area contributed by atoms with Gasteiger partial charge < -0.3 is 9.64 Å². The van der Waals surface area contributed by atoms with Crippen LogP contribution in [0.2, 0.25) is 0 Å². The first-order chi connectivity index (χ1) is 10.2. The van der Waals surface area contributed by atoms with Crippen molar-refractivity contribution in [3.8, 4) is 5.75 Å². The average molecular weight is 281 g/mol. The predicted octanol–water partition coefficient (Wildman–Crippen LogP) is 2.84. The van der Waals surface area contributed by atoms with Crippen molar-refractivity contribution in [2.24, 2.45) is 0 Å². The van der Waals surface area contributed by atoms with E-state index in [1.54, 1.807) is 7.11 Å². The molecule has 0 fully saturated rings. The molecule has 0 aromatic heterocycles. The summed E-state index contributed by atoms with van der Waals surface area (Å²) in [4.78, 5) is 14.7. The van der Waals surface area contributed by atoms with Crippen molar-refractivity contribution >= 4 is 5.91 Å². The van der Waals surface area contributed by atoms with Crippen molar-refractivity contribution in [3.63, 3.8) is 0 Å². The summed E-state index contributed by atoms with van der Waals surface area (Å²) in [7, 11) is 3.52. The molecule has 1 heterocycles. The van der Waals surface area contributed by atoms with Crippen LogP contribution in [0.3, 0.4) is 0 Å². The Morgan fingerprint density at radius 2 is 1.71 bits per heavy atom. The van der Waals surface area contributed by atoms with Crippen LogP contribution in [0.15, 0.2) is 48.5 Å². The van der Waals surface area contributed by atoms with Gasteiger partial charge in [-0.25, -0.2) is 0 Å². The molecular formula is C18H19NO2. The normalized spacial score (nSPS) is 18.1. The van der Waals surface area contributed by atoms with Crippen molar-refractivity contribution < 1.29 is 9.53 Å². The molecule has 0 bridgehead atoms. The Kier molecular flexibility index (Phi) is 3.65. The Bertz CT molecular complexity index is 666. The van der Waals surface area contributed by atoms with Gasteiger partial charge in [0.1, 0.15) is 5.75 Å². The lowest BCUT2D eigenvalue weighted by Crippen LogP contribution is -2.31. The highest BCUT2D eigenvalue weighted by Crippen LogP contribution is 2.36. The molecule has 0 N–H and O–H groups in total. The molecule has 3 heteroatoms. The number of nitrogens with zero attached hydrogens (tertiary/aromatic N) is 1. The maximum absolute atomic E-state index is 12.8. The number of hydrogen-bond donors (Lipinski definition) is 0. The standard InChI is InChI=1S/C18H19NO2/c1-19-12-11-13-7-3-4-8-14(13)17(18(19)20)15-9-5-6-10-16(15)21-2/h3-10,17H,11-12H2,1-2H3/t17-/m0/s1. The summed E-state index contributed by atoms with van der Waals surface area (Å²) in [6.45, 7) is 0.751. The van der Waals surface area contributed by atoms with Gasteiger partial charge in [-0.15, -0.1) is 0 Å². The number of carbonyl (C=O) groups is 1. The third-order valence-corrected chi connectivity index (χ3v) is 4.16. The Morgan fingerprint density at radius 3 is 2.48 bits per heavy atom. The molecule has 108 valence electrons. The average Bonchev–Trinajstić information content (AvgIpc) is 2.65. The minimum atomic E-state index is -0.287. The fraction of sp³-hybridized carbons (Fsp3) is 0.278. The molecule has 1 aliphatic heterocycles. The Balaban J connectivity index is 2.19. The van der Waals surface area contributed by atoms with E-state index in [0.717, 1.165) is 29.8 Å². The number of rotatable bonds is 2. The van der Waals surface area contributed by atoms with Crippen molar-refractivity contribution in [2.45, 2.75) is 12.3 Å². The van der Waals surface area contributed by atoms with Crippen LogP contribution in [0.4, 0.5) is 0 Å². The zero-order chi connectivity index (χ0) is 14.8. The number of ether oxygens (including phenoxy) is 1. The summed E-state index contributed by atoms with van der Waals surface area (Å²) in [5.41, 5.74) is 3.27. The van der Waals surface area contributed by atoms with Gasteiger partial charge in [-0.3, -0.25) is 4.79 Å². The van der Waals surface area contributed by atoms with E-state index >= 15 is 0 Å². The lowest BCUT2D eigenvalue weighted by atomic mass is 9.87. The number of likely N-dealkylation sites (N-methyl/N-ethyl adjacent to an activating group) is 1. The van der Waals surface area contributed by atoms with Crippen LogP contribution < -0.4 is 4.74 Å². The molecule has 3 rings (SSSR count). The van der Waals surface area contributed by atoms with E-state index < -0.39 is 0 Å². The number of amides is 1. The van der Waals surface area contributed by atoms with Crippen LogP contribution in [0.1, 0.15) is 22.6 Å². The van der Waals surface area contributed by atoms with E-state index in [1.807, 2.05) is 48.3 Å². The van der Waals surface area contributed by atoms with Gasteiger partial charge in [0.05, 0.1) is 13.0 Å². The van der Waals surface area contributed by atoms with Crippen LogP contribution in [0, 0.1) is 0 Å². The van der Waals surface area contributed by atoms with E-state index in [0.29, 0.717) is 0 Å². The quantitative estimate of drug-likeness (QED) is 0.847. The van der Waals surface area contributed by atoms with Gasteiger partial charge >= 0.3 is 0 Å². The minimum Gasteiger partial charge on any atom is -0.496 e. The first-order valence-corrected chi connectivity index (χ1v) is 7.18. The third-order valence-electron chi connectivity index (χ3n) is 4.16. The summed E-state index contributed by atoms with van der Waals surface area (Å²) in [5, 5.41) is 0. The number of benzene rings is 2. The number of fused-ring (bicyclic) bond motifs is 1. The monoisotopic (exact) mass is 281 g/mol. The molecule has 2 aromatic rings. The third kappa shape index (κ3) is 2.40. The van der Waals surface area contributed by atoms with E-state index in [4.69, 9.17) is 4.74 Å². The van der Waals surface area contributed by atoms with Gasteiger partial charge in [-0.05, 0) is 23.6 Å². The van der Waals surface area contributed by atoms with E-state index in [9.17, 15) is 4.79 Å². The zero-order valence-corrected chi connectivity index (χ0v) is 12.4. The fourth-order valence-corrected chi connectivity index (χ4v) is 3.00. The highest BCUT2D eigenvalue weighted by molar-refractivity contribution is 5.88. The first-order valence-electron chi connectivity index (χ1n) is 7.18. The molecule has 0 saturated carbocycles. The van der Waals surface area contributed by atoms with Gasteiger partial charge in [0.25, 0.3) is 0 Å². The molecule has 1 atom stereocenters. The van der Waals surface area contributed by atoms with Gasteiger partial charge in [0.15, 0.2) is 0 Å². The smallest absolute Gasteiger partial charge is 0.234 e. The molecule has 0 unspecified atom stereocenters. The van der Waals surface area contributed by atoms with Gasteiger partial charge in [0.2, 0.25) is 5.91 Å². The Hall–Kier alpha value is -2.29. The zero-order valence-electron chi connectivity index (χ0n) is 12.4. The maximum Gasteiger partial charge on any atom is 0.234 e. The molecule has 0 saturated heterocycles. The van der Waals surface area contributed by atoms with Crippen molar-refractivity contribution in [2.75, 3.05) is 20.7 Å². The Labute approximate surface area is 125 Å². The Morgan fingerprint density at radius 1 is 1.05 bits per heavy atom. The second kappa shape index (κ2) is 5.60. The van der Waals surface area contributed by atoms with Crippen molar-refractivity contribution in [3.05, 3.63) is 65.2 Å². The summed E-state index contributed by atoms with van der Waals surface area (Å²) in [6.07, 6.45) is 0.893. The van der Waals surface area contributed by atoms with Crippen LogP contribution >= 0.6 is 0 Å². The minimum absolute atomic E-state index is 0.129. The number of methoxy groups -OCH3 is 1. The highest BCUT2D eigenvalue weighted by atomic mass is 16.5. The number of hydrogen-bond acceptors (Lipinski definition) is 2. The van der Waals surface area contributed by atoms with E-state index in [-0.39, 0.29) is 11.8 Å². The molecule has 1 amide bonds. The maximum atomic E-state index is 12.8. The van der Waals surface area contributed by atoms with E-state index in [1.165, 1.54) is 5.56 Å². The summed E-state index contributed by atoms with van der Waals surface area (Å²) in [6, 6.07) is 16.0. The lowest BCUT2D eigenvalue weighted by Gasteiger charge is -2.22. The van der Waals surface area contributed by atoms with Crippen molar-refractivity contribution in [1.29, 1.82) is 0 Å². The van der Waals surface area contributed by atoms with Crippen molar-refractivity contribution in [1.82, 2.24) is 4.90 Å². The second-order valence-electron chi connectivity index (χ2n) is 5.38. The molecule has 1 aliphatic rings. The molecule has 3 nitrogen and oxygen atoms in total. The van der Waals surface area contributed by atoms with Crippen LogP contribution in [0.5, 0.6) is 5.75 Å². The summed E-state index contributed by atoms with van der Waals surface area (Å²) in [5.74, 6) is 0.607. The summed E-state index contributed by atoms with van der Waals surface area (Å²) >= 11 is 0. The molecule has 0 aliphatic carbocycles. The van der Waals surface area contributed by atoms with Crippen LogP contribution in [-0.2, 0) is 11.2 Å². The number of para-hydroxylation sites is 1. The van der Waals surface area contributed by atoms with Crippen LogP contribution in [-0.4, -0.2) is 31.5 Å². The summed E-state index contributed by atoms with van der Waals surface area (Å²) < 4.78 is 5.47. The van der Waals surface area contributed by atoms with Gasteiger partial charge in [-0.1, -0.05) is 42.5 Å². The number of carbonyl (C=O) groups excluding carboxylic acids is 1. The van der Waals surface area contributed by atoms with Crippen LogP contribution in [0.25, 0.3) is 0 Å². The molecular weight excluding hydrogens is 262 g/mol. The SMILES string of the molecule is COc1ccccc1[C@H]1C(=O)N(C)CCc2ccccc21. The first kappa shape index (κ1) is 13.7. The lowest BCUT2D eigenvalue weighted by molar-refractivity contribution is -0.130. The molecule has 0 spiro atoms. The largest absolute Gasteiger partial charge is 0.496 e. The molecule has 0 radical (unpaired) electrons. The van der Waals surface area contributed by atoms with Gasteiger partial charge in [0, 0.05) is 19.2 Å². The highest BCUT2D eigenvalue weighted by Gasteiger charge is 2.32.